The Hall–Kier alpha value is -1.85. The number of hydrogen-bond acceptors (Lipinski definition) is 3. The number of aliphatic carboxylic acids is 1. The minimum absolute atomic E-state index is 0.0460. The number of carboxylic acids is 1. The number of rotatable bonds is 10. The van der Waals surface area contributed by atoms with Crippen LogP contribution in [-0.2, 0) is 14.4 Å². The molecule has 2 rings (SSSR count). The van der Waals surface area contributed by atoms with Gasteiger partial charge in [-0.05, 0) is 44.4 Å². The van der Waals surface area contributed by atoms with E-state index in [9.17, 15) is 14.4 Å². The summed E-state index contributed by atoms with van der Waals surface area (Å²) in [5.74, 6) is -0.968. The predicted molar refractivity (Wildman–Crippen MR) is 90.0 cm³/mol. The second-order valence-corrected chi connectivity index (χ2v) is 6.87. The van der Waals surface area contributed by atoms with Crippen LogP contribution in [0.3, 0.4) is 0 Å². The Labute approximate surface area is 143 Å². The van der Waals surface area contributed by atoms with Gasteiger partial charge in [0.05, 0.1) is 5.92 Å². The van der Waals surface area contributed by atoms with Gasteiger partial charge in [0.2, 0.25) is 11.8 Å². The first-order chi connectivity index (χ1) is 11.5. The molecule has 1 saturated heterocycles. The largest absolute Gasteiger partial charge is 0.481 e. The highest BCUT2D eigenvalue weighted by molar-refractivity contribution is 5.87. The van der Waals surface area contributed by atoms with Gasteiger partial charge in [0.15, 0.2) is 0 Å². The highest BCUT2D eigenvalue weighted by Crippen LogP contribution is 2.39. The zero-order valence-corrected chi connectivity index (χ0v) is 14.2. The van der Waals surface area contributed by atoms with Gasteiger partial charge in [-0.3, -0.25) is 14.4 Å². The SMILES string of the molecule is NC(=O)[C@@H]1CCCN1C(=O)CCCCCC/C=C\[C@@H]1C[C@@H]1C(=O)O. The molecule has 1 aliphatic carbocycles. The third kappa shape index (κ3) is 5.35. The monoisotopic (exact) mass is 336 g/mol. The van der Waals surface area contributed by atoms with E-state index >= 15 is 0 Å². The molecule has 1 aliphatic heterocycles. The summed E-state index contributed by atoms with van der Waals surface area (Å²) < 4.78 is 0. The quantitative estimate of drug-likeness (QED) is 0.471. The van der Waals surface area contributed by atoms with Crippen molar-refractivity contribution in [2.45, 2.75) is 63.8 Å². The van der Waals surface area contributed by atoms with Gasteiger partial charge in [-0.25, -0.2) is 0 Å². The Morgan fingerprint density at radius 3 is 2.58 bits per heavy atom. The molecule has 0 aromatic carbocycles. The highest BCUT2D eigenvalue weighted by Gasteiger charge is 2.40. The van der Waals surface area contributed by atoms with Gasteiger partial charge in [0.25, 0.3) is 0 Å². The molecule has 6 heteroatoms. The minimum atomic E-state index is -0.689. The Kier molecular flexibility index (Phi) is 6.82. The van der Waals surface area contributed by atoms with Crippen LogP contribution >= 0.6 is 0 Å². The number of amides is 2. The second-order valence-electron chi connectivity index (χ2n) is 6.87. The van der Waals surface area contributed by atoms with Crippen molar-refractivity contribution in [3.63, 3.8) is 0 Å². The predicted octanol–water partition coefficient (Wildman–Crippen LogP) is 2.08. The molecule has 2 fully saturated rings. The van der Waals surface area contributed by atoms with Gasteiger partial charge in [-0.1, -0.05) is 25.0 Å². The van der Waals surface area contributed by atoms with Crippen molar-refractivity contribution >= 4 is 17.8 Å². The molecular formula is C18H28N2O4. The van der Waals surface area contributed by atoms with Crippen LogP contribution in [0.2, 0.25) is 0 Å². The maximum atomic E-state index is 12.1. The van der Waals surface area contributed by atoms with E-state index in [0.29, 0.717) is 19.4 Å². The van der Waals surface area contributed by atoms with Crippen molar-refractivity contribution in [2.75, 3.05) is 6.54 Å². The number of likely N-dealkylation sites (tertiary alicyclic amines) is 1. The van der Waals surface area contributed by atoms with Gasteiger partial charge in [0.1, 0.15) is 6.04 Å². The van der Waals surface area contributed by atoms with E-state index in [1.54, 1.807) is 4.90 Å². The van der Waals surface area contributed by atoms with Crippen LogP contribution in [0.4, 0.5) is 0 Å². The number of primary amides is 1. The van der Waals surface area contributed by atoms with E-state index in [1.807, 2.05) is 6.08 Å². The van der Waals surface area contributed by atoms with Crippen LogP contribution < -0.4 is 5.73 Å². The fraction of sp³-hybridized carbons (Fsp3) is 0.722. The number of allylic oxidation sites excluding steroid dienone is 2. The fourth-order valence-corrected chi connectivity index (χ4v) is 3.38. The molecule has 24 heavy (non-hydrogen) atoms. The number of carbonyl (C=O) groups excluding carboxylic acids is 2. The summed E-state index contributed by atoms with van der Waals surface area (Å²) in [6.45, 7) is 0.649. The third-order valence-electron chi connectivity index (χ3n) is 4.95. The first-order valence-electron chi connectivity index (χ1n) is 8.99. The fourth-order valence-electron chi connectivity index (χ4n) is 3.38. The standard InChI is InChI=1S/C18H28N2O4/c19-17(22)15-9-7-11-20(15)16(21)10-6-4-2-1-3-5-8-13-12-14(13)18(23)24/h5,8,13-15H,1-4,6-7,9-12H2,(H2,19,22)(H,23,24)/b8-5-/t13-,14+,15+/m1/s1. The van der Waals surface area contributed by atoms with Crippen LogP contribution in [-0.4, -0.2) is 40.4 Å². The van der Waals surface area contributed by atoms with Crippen molar-refractivity contribution in [2.24, 2.45) is 17.6 Å². The van der Waals surface area contributed by atoms with Gasteiger partial charge in [-0.2, -0.15) is 0 Å². The molecule has 1 heterocycles. The van der Waals surface area contributed by atoms with E-state index < -0.39 is 17.9 Å². The van der Waals surface area contributed by atoms with Gasteiger partial charge in [0, 0.05) is 13.0 Å². The van der Waals surface area contributed by atoms with Gasteiger partial charge < -0.3 is 15.7 Å². The van der Waals surface area contributed by atoms with Crippen LogP contribution in [0.25, 0.3) is 0 Å². The van der Waals surface area contributed by atoms with E-state index in [1.165, 1.54) is 0 Å². The summed E-state index contributed by atoms with van der Waals surface area (Å²) in [4.78, 5) is 35.7. The molecular weight excluding hydrogens is 308 g/mol. The summed E-state index contributed by atoms with van der Waals surface area (Å²) in [6.07, 6.45) is 11.8. The first kappa shape index (κ1) is 18.5. The number of unbranched alkanes of at least 4 members (excludes halogenated alkanes) is 4. The molecule has 0 aromatic heterocycles. The van der Waals surface area contributed by atoms with Crippen LogP contribution in [0.1, 0.15) is 57.8 Å². The number of nitrogens with two attached hydrogens (primary N) is 1. The number of carbonyl (C=O) groups is 3. The normalized spacial score (nSPS) is 26.0. The smallest absolute Gasteiger partial charge is 0.307 e. The molecule has 134 valence electrons. The Morgan fingerprint density at radius 1 is 1.17 bits per heavy atom. The van der Waals surface area contributed by atoms with Crippen molar-refractivity contribution in [3.05, 3.63) is 12.2 Å². The van der Waals surface area contributed by atoms with Gasteiger partial charge >= 0.3 is 5.97 Å². The molecule has 0 unspecified atom stereocenters. The molecule has 2 aliphatic rings. The highest BCUT2D eigenvalue weighted by atomic mass is 16.4. The lowest BCUT2D eigenvalue weighted by molar-refractivity contribution is -0.138. The molecule has 0 radical (unpaired) electrons. The van der Waals surface area contributed by atoms with E-state index in [-0.39, 0.29) is 17.7 Å². The van der Waals surface area contributed by atoms with Crippen molar-refractivity contribution in [1.29, 1.82) is 0 Å². The molecule has 3 N–H and O–H groups in total. The van der Waals surface area contributed by atoms with Crippen molar-refractivity contribution in [1.82, 2.24) is 4.90 Å². The van der Waals surface area contributed by atoms with Gasteiger partial charge in [-0.15, -0.1) is 0 Å². The lowest BCUT2D eigenvalue weighted by atomic mass is 10.1. The van der Waals surface area contributed by atoms with E-state index in [0.717, 1.165) is 44.9 Å². The number of nitrogens with zero attached hydrogens (tertiary/aromatic N) is 1. The van der Waals surface area contributed by atoms with E-state index in [4.69, 9.17) is 10.8 Å². The number of hydrogen-bond donors (Lipinski definition) is 2. The average Bonchev–Trinajstić information content (AvgIpc) is 3.14. The third-order valence-corrected chi connectivity index (χ3v) is 4.95. The molecule has 3 atom stereocenters. The molecule has 0 aromatic rings. The van der Waals surface area contributed by atoms with Crippen LogP contribution in [0.15, 0.2) is 12.2 Å². The molecule has 2 amide bonds. The molecule has 0 spiro atoms. The number of carboxylic acid groups (broad SMARTS) is 1. The molecule has 0 bridgehead atoms. The molecule has 6 nitrogen and oxygen atoms in total. The molecule has 1 saturated carbocycles. The summed E-state index contributed by atoms with van der Waals surface area (Å²) in [7, 11) is 0. The summed E-state index contributed by atoms with van der Waals surface area (Å²) in [6, 6.07) is -0.403. The Morgan fingerprint density at radius 2 is 1.92 bits per heavy atom. The first-order valence-corrected chi connectivity index (χ1v) is 8.99. The van der Waals surface area contributed by atoms with Crippen molar-refractivity contribution in [3.8, 4) is 0 Å². The zero-order valence-electron chi connectivity index (χ0n) is 14.2. The topological polar surface area (TPSA) is 101 Å². The van der Waals surface area contributed by atoms with Crippen LogP contribution in [0.5, 0.6) is 0 Å². The van der Waals surface area contributed by atoms with Crippen molar-refractivity contribution < 1.29 is 19.5 Å². The van der Waals surface area contributed by atoms with Crippen LogP contribution in [0, 0.1) is 11.8 Å². The van der Waals surface area contributed by atoms with E-state index in [2.05, 4.69) is 6.08 Å². The average molecular weight is 336 g/mol. The minimum Gasteiger partial charge on any atom is -0.481 e. The Balaban J connectivity index is 1.49. The lowest BCUT2D eigenvalue weighted by Crippen LogP contribution is -2.43. The summed E-state index contributed by atoms with van der Waals surface area (Å²) >= 11 is 0. The summed E-state index contributed by atoms with van der Waals surface area (Å²) in [5.41, 5.74) is 5.33. The maximum Gasteiger partial charge on any atom is 0.307 e. The maximum absolute atomic E-state index is 12.1. The Bertz CT molecular complexity index is 503. The lowest BCUT2D eigenvalue weighted by Gasteiger charge is -2.22. The second kappa shape index (κ2) is 8.85. The summed E-state index contributed by atoms with van der Waals surface area (Å²) in [5, 5.41) is 8.80. The zero-order chi connectivity index (χ0) is 17.5.